The fourth-order valence-corrected chi connectivity index (χ4v) is 10.3. The number of ether oxygens (including phenoxy) is 13. The number of nitrogens with one attached hydrogen (secondary N) is 8. The highest BCUT2D eigenvalue weighted by molar-refractivity contribution is 8.08. The first kappa shape index (κ1) is 89.7. The van der Waals surface area contributed by atoms with Crippen molar-refractivity contribution in [1.82, 2.24) is 42.5 Å². The lowest BCUT2D eigenvalue weighted by molar-refractivity contribution is -0.272. The first-order chi connectivity index (χ1) is 47.7. The summed E-state index contributed by atoms with van der Waals surface area (Å²) < 4.78 is 76.9. The van der Waals surface area contributed by atoms with Gasteiger partial charge in [-0.1, -0.05) is 11.8 Å². The lowest BCUT2D eigenvalue weighted by Crippen LogP contribution is -2.64. The molecular formula is C58H104N8O32PS-. The second kappa shape index (κ2) is 50.8. The maximum atomic E-state index is 13.7. The molecule has 3 fully saturated rings. The lowest BCUT2D eigenvalue weighted by Gasteiger charge is -2.42. The molecule has 17 N–H and O–H groups in total. The van der Waals surface area contributed by atoms with Crippen molar-refractivity contribution in [3.05, 3.63) is 0 Å². The Bertz CT molecular complexity index is 2440. The standard InChI is InChI=1S/C58H105N8O32PS/c1-34(70)62-45-51(79)48(76)39(31-67)96-56(45)92-27-23-86-14-10-59-42(73)7-5-37(54(82)60-11-15-87-24-28-93-57-46(63-35(2)71)52(80)49(77)40(32-68)97-57)65-43(74)8-6-38(66-44(75)9-13-85-17-18-89-19-20-90-21-22-91-26-30-95-99(4,84)100)55(83)61-12-16-88-25-29-94-58-47(64-36(3)72)53(81)50(78)41(33-69)98-58/h37-41,45-53,56-58,67-69,76-81H,5-33H2,1-4H3,(H,59,73)(H,60,82)(H,61,83)(H,62,70)(H,63,71)(H,64,72)(H,65,74)(H,66,75)(H,84,100)/p-1. The Labute approximate surface area is 583 Å². The molecule has 18 atom stereocenters. The smallest absolute Gasteiger partial charge is 0.242 e. The molecule has 100 heavy (non-hydrogen) atoms. The van der Waals surface area contributed by atoms with Crippen molar-refractivity contribution in [2.24, 2.45) is 0 Å². The van der Waals surface area contributed by atoms with Crippen LogP contribution in [0.1, 0.15) is 52.9 Å². The van der Waals surface area contributed by atoms with E-state index in [-0.39, 0.29) is 164 Å². The summed E-state index contributed by atoms with van der Waals surface area (Å²) in [5, 5.41) is 112. The number of hydrogen-bond donors (Lipinski definition) is 17. The van der Waals surface area contributed by atoms with Gasteiger partial charge in [0.15, 0.2) is 18.9 Å². The Hall–Kier alpha value is -4.55. The summed E-state index contributed by atoms with van der Waals surface area (Å²) in [5.41, 5.74) is 0. The summed E-state index contributed by atoms with van der Waals surface area (Å²) in [6, 6.07) is -6.28. The van der Waals surface area contributed by atoms with Crippen molar-refractivity contribution in [3.8, 4) is 0 Å². The molecule has 18 unspecified atom stereocenters. The number of rotatable bonds is 53. The van der Waals surface area contributed by atoms with Gasteiger partial charge < -0.3 is 159 Å². The highest BCUT2D eigenvalue weighted by atomic mass is 32.5. The van der Waals surface area contributed by atoms with Gasteiger partial charge in [0.2, 0.25) is 47.3 Å². The summed E-state index contributed by atoms with van der Waals surface area (Å²) in [5.74, 6) is -5.13. The van der Waals surface area contributed by atoms with Crippen LogP contribution in [0, 0.1) is 0 Å². The van der Waals surface area contributed by atoms with E-state index in [4.69, 9.17) is 66.1 Å². The Morgan fingerprint density at radius 1 is 0.410 bits per heavy atom. The van der Waals surface area contributed by atoms with Crippen LogP contribution in [-0.4, -0.2) is 362 Å². The minimum absolute atomic E-state index is 0.0334. The maximum Gasteiger partial charge on any atom is 0.242 e. The number of aliphatic hydroxyl groups is 9. The van der Waals surface area contributed by atoms with E-state index in [2.05, 4.69) is 54.3 Å². The van der Waals surface area contributed by atoms with E-state index < -0.39 is 184 Å². The van der Waals surface area contributed by atoms with Gasteiger partial charge in [-0.25, -0.2) is 0 Å². The van der Waals surface area contributed by atoms with Crippen LogP contribution in [0.4, 0.5) is 0 Å². The summed E-state index contributed by atoms with van der Waals surface area (Å²) >= 11 is 4.69. The highest BCUT2D eigenvalue weighted by Gasteiger charge is 2.48. The topological polar surface area (TPSA) is 567 Å². The van der Waals surface area contributed by atoms with Gasteiger partial charge in [0, 0.05) is 59.7 Å². The van der Waals surface area contributed by atoms with Gasteiger partial charge in [-0.15, -0.1) is 0 Å². The van der Waals surface area contributed by atoms with Gasteiger partial charge in [0.05, 0.1) is 139 Å². The van der Waals surface area contributed by atoms with Crippen LogP contribution in [0.25, 0.3) is 0 Å². The Morgan fingerprint density at radius 2 is 0.700 bits per heavy atom. The molecule has 3 aliphatic rings. The molecule has 0 bridgehead atoms. The number of carbonyl (C=O) groups is 8. The van der Waals surface area contributed by atoms with Crippen molar-refractivity contribution in [1.29, 1.82) is 0 Å². The van der Waals surface area contributed by atoms with Crippen LogP contribution >= 0.6 is 6.49 Å². The van der Waals surface area contributed by atoms with E-state index in [9.17, 15) is 89.2 Å². The summed E-state index contributed by atoms with van der Waals surface area (Å²) in [7, 11) is 0. The van der Waals surface area contributed by atoms with E-state index >= 15 is 0 Å². The molecular weight excluding hydrogens is 1380 g/mol. The lowest BCUT2D eigenvalue weighted by atomic mass is 9.97. The molecule has 3 saturated heterocycles. The van der Waals surface area contributed by atoms with E-state index in [1.807, 2.05) is 0 Å². The van der Waals surface area contributed by atoms with Crippen molar-refractivity contribution in [2.75, 3.05) is 165 Å². The van der Waals surface area contributed by atoms with E-state index in [0.717, 1.165) is 0 Å². The minimum atomic E-state index is -3.01. The number of carbonyl (C=O) groups excluding carboxylic acids is 8. The summed E-state index contributed by atoms with van der Waals surface area (Å²) in [6.07, 6.45) is -18.3. The molecule has 3 rings (SSSR count). The van der Waals surface area contributed by atoms with Gasteiger partial charge in [-0.05, 0) is 26.0 Å². The second-order valence-corrected chi connectivity index (χ2v) is 26.6. The van der Waals surface area contributed by atoms with Crippen LogP contribution in [0.3, 0.4) is 0 Å². The van der Waals surface area contributed by atoms with Crippen molar-refractivity contribution in [2.45, 2.75) is 157 Å². The summed E-state index contributed by atoms with van der Waals surface area (Å²) in [4.78, 5) is 114. The molecule has 40 nitrogen and oxygen atoms in total. The number of amides is 8. The number of aliphatic hydroxyl groups excluding tert-OH is 9. The van der Waals surface area contributed by atoms with Crippen LogP contribution in [0.5, 0.6) is 0 Å². The van der Waals surface area contributed by atoms with Gasteiger partial charge in [-0.3, -0.25) is 38.4 Å². The molecule has 0 saturated carbocycles. The molecule has 580 valence electrons. The molecule has 0 radical (unpaired) electrons. The molecule has 0 aromatic carbocycles. The minimum Gasteiger partial charge on any atom is -0.801 e. The largest absolute Gasteiger partial charge is 0.801 e. The zero-order chi connectivity index (χ0) is 74.0. The van der Waals surface area contributed by atoms with E-state index in [1.54, 1.807) is 0 Å². The SMILES string of the molecule is CC(=O)NC1C(OCCOCCNC(=O)CCC(NC(=O)CCC(NC(=O)CCOCCOCCOCCOCCOP(C)([O-])=S)C(=O)NCCOCCOC2OC(CO)C(O)C(O)C2NC(C)=O)C(=O)NCCOCCOC2OC(CO)C(O)C(O)C2NC(C)=O)OC(CO)C(O)C1O. The van der Waals surface area contributed by atoms with Crippen LogP contribution in [-0.2, 0) is 116 Å². The van der Waals surface area contributed by atoms with Gasteiger partial charge >= 0.3 is 0 Å². The quantitative estimate of drug-likeness (QED) is 0.0199. The van der Waals surface area contributed by atoms with Gasteiger partial charge in [0.1, 0.15) is 85.1 Å². The van der Waals surface area contributed by atoms with E-state index in [1.165, 1.54) is 27.4 Å². The third-order valence-corrected chi connectivity index (χ3v) is 15.7. The Morgan fingerprint density at radius 3 is 1.03 bits per heavy atom. The molecule has 8 amide bonds. The average molecular weight is 1490 g/mol. The molecule has 3 heterocycles. The Balaban J connectivity index is 1.61. The van der Waals surface area contributed by atoms with Crippen LogP contribution in [0.2, 0.25) is 0 Å². The van der Waals surface area contributed by atoms with E-state index in [0.29, 0.717) is 0 Å². The summed E-state index contributed by atoms with van der Waals surface area (Å²) in [6.45, 7) is -0.0336. The first-order valence-electron chi connectivity index (χ1n) is 32.6. The number of hydrogen-bond acceptors (Lipinski definition) is 33. The molecule has 0 spiro atoms. The first-order valence-corrected chi connectivity index (χ1v) is 35.7. The second-order valence-electron chi connectivity index (χ2n) is 22.8. The van der Waals surface area contributed by atoms with Crippen molar-refractivity contribution in [3.63, 3.8) is 0 Å². The molecule has 0 aromatic heterocycles. The molecule has 42 heteroatoms. The van der Waals surface area contributed by atoms with Crippen molar-refractivity contribution < 1.29 is 155 Å². The predicted octanol–water partition coefficient (Wildman–Crippen LogP) is -10.4. The van der Waals surface area contributed by atoms with Crippen LogP contribution in [0.15, 0.2) is 0 Å². The van der Waals surface area contributed by atoms with Gasteiger partial charge in [0.25, 0.3) is 0 Å². The normalized spacial score (nSPS) is 26.4. The average Bonchev–Trinajstić information content (AvgIpc) is 0.821. The van der Waals surface area contributed by atoms with Gasteiger partial charge in [-0.2, -0.15) is 0 Å². The van der Waals surface area contributed by atoms with Crippen molar-refractivity contribution >= 4 is 65.6 Å². The molecule has 0 aliphatic carbocycles. The molecule has 0 aromatic rings. The fraction of sp³-hybridized carbons (Fsp3) is 0.862. The Kier molecular flexibility index (Phi) is 45.5. The third kappa shape index (κ3) is 36.2. The molecule has 3 aliphatic heterocycles. The maximum absolute atomic E-state index is 13.7. The zero-order valence-electron chi connectivity index (χ0n) is 56.6. The van der Waals surface area contributed by atoms with Crippen LogP contribution < -0.4 is 47.4 Å². The third-order valence-electron chi connectivity index (χ3n) is 14.7. The monoisotopic (exact) mass is 1490 g/mol. The predicted molar refractivity (Wildman–Crippen MR) is 342 cm³/mol. The zero-order valence-corrected chi connectivity index (χ0v) is 58.3. The fourth-order valence-electron chi connectivity index (χ4n) is 9.71. The highest BCUT2D eigenvalue weighted by Crippen LogP contribution is 2.31.